The number of aromatic nitrogens is 3. The molecule has 0 saturated carbocycles. The molecule has 4 rings (SSSR count). The van der Waals surface area contributed by atoms with Crippen LogP contribution in [0.2, 0.25) is 0 Å². The van der Waals surface area contributed by atoms with Crippen molar-refractivity contribution in [1.29, 1.82) is 0 Å². The Labute approximate surface area is 193 Å². The molecule has 3 aromatic rings. The van der Waals surface area contributed by atoms with E-state index in [1.165, 1.54) is 35.0 Å². The zero-order chi connectivity index (χ0) is 25.4. The van der Waals surface area contributed by atoms with Crippen LogP contribution in [0.1, 0.15) is 12.0 Å². The summed E-state index contributed by atoms with van der Waals surface area (Å²) in [7, 11) is 0. The number of fused-ring (bicyclic) bond motifs is 1. The molecule has 0 aliphatic carbocycles. The Hall–Kier alpha value is -3.71. The normalized spacial score (nSPS) is 16.6. The van der Waals surface area contributed by atoms with Crippen LogP contribution in [-0.2, 0) is 11.3 Å². The molecule has 1 saturated heterocycles. The predicted molar refractivity (Wildman–Crippen MR) is 112 cm³/mol. The smallest absolute Gasteiger partial charge is 0.405 e. The van der Waals surface area contributed by atoms with Gasteiger partial charge in [-0.25, -0.2) is 9.78 Å². The second kappa shape index (κ2) is 9.15. The number of carbonyl (C=O) groups is 1. The number of alkyl halides is 6. The first kappa shape index (κ1) is 24.4. The molecule has 2 N–H and O–H groups in total. The number of benzene rings is 1. The topological polar surface area (TPSA) is 92.3 Å². The van der Waals surface area contributed by atoms with Gasteiger partial charge in [-0.1, -0.05) is 18.2 Å². The number of imidazole rings is 1. The molecular formula is C21H19F6N5O3. The summed E-state index contributed by atoms with van der Waals surface area (Å²) in [6.07, 6.45) is -8.08. The molecule has 1 aliphatic rings. The minimum Gasteiger partial charge on any atom is -0.405 e. The lowest BCUT2D eigenvalue weighted by molar-refractivity contribution is -0.274. The van der Waals surface area contributed by atoms with Crippen molar-refractivity contribution in [3.05, 3.63) is 52.6 Å². The van der Waals surface area contributed by atoms with E-state index >= 15 is 0 Å². The van der Waals surface area contributed by atoms with Gasteiger partial charge in [0.15, 0.2) is 0 Å². The fraction of sp³-hybridized carbons (Fsp3) is 0.381. The molecular weight excluding hydrogens is 484 g/mol. The fourth-order valence-corrected chi connectivity index (χ4v) is 3.95. The van der Waals surface area contributed by atoms with E-state index in [2.05, 4.69) is 20.0 Å². The summed E-state index contributed by atoms with van der Waals surface area (Å²) in [5.41, 5.74) is 0.254. The Bertz CT molecular complexity index is 1280. The van der Waals surface area contributed by atoms with E-state index in [9.17, 15) is 35.9 Å². The van der Waals surface area contributed by atoms with Crippen LogP contribution < -0.4 is 15.7 Å². The van der Waals surface area contributed by atoms with Crippen molar-refractivity contribution in [1.82, 2.24) is 19.4 Å². The summed E-state index contributed by atoms with van der Waals surface area (Å²) >= 11 is 0. The Balaban J connectivity index is 1.49. The van der Waals surface area contributed by atoms with E-state index < -0.39 is 29.9 Å². The number of amides is 1. The van der Waals surface area contributed by atoms with Crippen molar-refractivity contribution in [2.24, 2.45) is 5.92 Å². The summed E-state index contributed by atoms with van der Waals surface area (Å²) in [4.78, 5) is 31.3. The zero-order valence-corrected chi connectivity index (χ0v) is 17.9. The number of carbonyl (C=O) groups excluding carboxylic acids is 1. The first-order valence-corrected chi connectivity index (χ1v) is 10.4. The predicted octanol–water partition coefficient (Wildman–Crippen LogP) is 3.49. The minimum absolute atomic E-state index is 0.00604. The fourth-order valence-electron chi connectivity index (χ4n) is 3.95. The first-order valence-electron chi connectivity index (χ1n) is 10.4. The first-order chi connectivity index (χ1) is 16.4. The monoisotopic (exact) mass is 503 g/mol. The van der Waals surface area contributed by atoms with Gasteiger partial charge in [0.2, 0.25) is 0 Å². The van der Waals surface area contributed by atoms with Gasteiger partial charge in [-0.3, -0.25) is 9.36 Å². The Morgan fingerprint density at radius 1 is 1.20 bits per heavy atom. The molecule has 1 amide bonds. The SMILES string of the molecule is O=C(N1CC[C@@H](CNc2cc3c(cn2)[nH]c(=O)n3Cc2ccccc2OC(F)(F)F)C1)C(F)(F)F. The van der Waals surface area contributed by atoms with Crippen molar-refractivity contribution >= 4 is 22.8 Å². The number of aromatic amines is 1. The minimum atomic E-state index is -4.92. The molecule has 188 valence electrons. The van der Waals surface area contributed by atoms with Gasteiger partial charge in [-0.15, -0.1) is 13.2 Å². The van der Waals surface area contributed by atoms with Crippen LogP contribution in [0.15, 0.2) is 41.3 Å². The molecule has 1 aromatic carbocycles. The summed E-state index contributed by atoms with van der Waals surface area (Å²) in [6, 6.07) is 6.95. The number of likely N-dealkylation sites (tertiary alicyclic amines) is 1. The van der Waals surface area contributed by atoms with Crippen LogP contribution in [0.5, 0.6) is 5.75 Å². The van der Waals surface area contributed by atoms with E-state index in [4.69, 9.17) is 0 Å². The zero-order valence-electron chi connectivity index (χ0n) is 17.9. The average Bonchev–Trinajstić information content (AvgIpc) is 3.36. The third-order valence-corrected chi connectivity index (χ3v) is 5.57. The lowest BCUT2D eigenvalue weighted by Crippen LogP contribution is -2.39. The molecule has 1 aliphatic heterocycles. The standard InChI is InChI=1S/C21H19F6N5O3/c22-20(23,24)18(33)31-6-5-12(10-31)8-28-17-7-15-14(9-29-17)30-19(34)32(15)11-13-3-1-2-4-16(13)35-21(25,26)27/h1-4,7,9,12H,5-6,8,10-11H2,(H,28,29)(H,30,34)/t12-/m0/s1. The summed E-state index contributed by atoms with van der Waals surface area (Å²) in [5.74, 6) is -2.23. The van der Waals surface area contributed by atoms with Crippen LogP contribution in [0.3, 0.4) is 0 Å². The highest BCUT2D eigenvalue weighted by molar-refractivity contribution is 5.82. The number of nitrogens with one attached hydrogen (secondary N) is 2. The summed E-state index contributed by atoms with van der Waals surface area (Å²) in [5, 5.41) is 2.99. The van der Waals surface area contributed by atoms with E-state index in [1.54, 1.807) is 0 Å². The van der Waals surface area contributed by atoms with Gasteiger partial charge >= 0.3 is 24.1 Å². The van der Waals surface area contributed by atoms with Gasteiger partial charge in [0.1, 0.15) is 11.6 Å². The molecule has 2 aromatic heterocycles. The summed E-state index contributed by atoms with van der Waals surface area (Å²) in [6.45, 7) is -0.0465. The molecule has 8 nitrogen and oxygen atoms in total. The van der Waals surface area contributed by atoms with Crippen LogP contribution in [0.25, 0.3) is 11.0 Å². The molecule has 0 unspecified atom stereocenters. The number of halogens is 6. The highest BCUT2D eigenvalue weighted by Gasteiger charge is 2.44. The number of H-pyrrole nitrogens is 1. The highest BCUT2D eigenvalue weighted by Crippen LogP contribution is 2.28. The molecule has 35 heavy (non-hydrogen) atoms. The third-order valence-electron chi connectivity index (χ3n) is 5.57. The Morgan fingerprint density at radius 3 is 2.66 bits per heavy atom. The number of para-hydroxylation sites is 1. The number of hydrogen-bond acceptors (Lipinski definition) is 5. The third kappa shape index (κ3) is 5.69. The Kier molecular flexibility index (Phi) is 6.38. The molecule has 0 bridgehead atoms. The molecule has 0 spiro atoms. The van der Waals surface area contributed by atoms with Crippen molar-refractivity contribution < 1.29 is 35.9 Å². The maximum atomic E-state index is 12.7. The van der Waals surface area contributed by atoms with Crippen LogP contribution >= 0.6 is 0 Å². The number of hydrogen-bond donors (Lipinski definition) is 2. The maximum absolute atomic E-state index is 12.7. The summed E-state index contributed by atoms with van der Waals surface area (Å²) < 4.78 is 81.3. The molecule has 3 heterocycles. The van der Waals surface area contributed by atoms with Crippen molar-refractivity contribution in [2.75, 3.05) is 25.0 Å². The van der Waals surface area contributed by atoms with Crippen LogP contribution in [0.4, 0.5) is 32.2 Å². The van der Waals surface area contributed by atoms with E-state index in [-0.39, 0.29) is 37.7 Å². The number of rotatable bonds is 6. The van der Waals surface area contributed by atoms with Gasteiger partial charge in [-0.2, -0.15) is 13.2 Å². The maximum Gasteiger partial charge on any atom is 0.573 e. The quantitative estimate of drug-likeness (QED) is 0.503. The van der Waals surface area contributed by atoms with E-state index in [0.717, 1.165) is 11.0 Å². The second-order valence-electron chi connectivity index (χ2n) is 8.04. The Morgan fingerprint density at radius 2 is 1.94 bits per heavy atom. The highest BCUT2D eigenvalue weighted by atomic mass is 19.4. The van der Waals surface area contributed by atoms with E-state index in [0.29, 0.717) is 23.3 Å². The lowest BCUT2D eigenvalue weighted by atomic mass is 10.1. The number of pyridine rings is 1. The molecule has 0 radical (unpaired) electrons. The number of nitrogens with zero attached hydrogens (tertiary/aromatic N) is 3. The van der Waals surface area contributed by atoms with Gasteiger partial charge in [0, 0.05) is 31.3 Å². The molecule has 14 heteroatoms. The van der Waals surface area contributed by atoms with Gasteiger partial charge in [0.25, 0.3) is 0 Å². The average molecular weight is 503 g/mol. The largest absolute Gasteiger partial charge is 0.573 e. The lowest BCUT2D eigenvalue weighted by Gasteiger charge is -2.18. The van der Waals surface area contributed by atoms with Gasteiger partial charge in [-0.05, 0) is 18.4 Å². The van der Waals surface area contributed by atoms with Crippen molar-refractivity contribution in [2.45, 2.75) is 25.5 Å². The van der Waals surface area contributed by atoms with E-state index in [1.807, 2.05) is 0 Å². The van der Waals surface area contributed by atoms with Gasteiger partial charge < -0.3 is 19.9 Å². The van der Waals surface area contributed by atoms with Crippen molar-refractivity contribution in [3.8, 4) is 5.75 Å². The van der Waals surface area contributed by atoms with Crippen molar-refractivity contribution in [3.63, 3.8) is 0 Å². The van der Waals surface area contributed by atoms with Crippen LogP contribution in [0, 0.1) is 5.92 Å². The van der Waals surface area contributed by atoms with Crippen LogP contribution in [-0.4, -0.2) is 57.5 Å². The molecule has 1 atom stereocenters. The van der Waals surface area contributed by atoms with Gasteiger partial charge in [0.05, 0.1) is 23.8 Å². The number of ether oxygens (including phenoxy) is 1. The number of anilines is 1. The second-order valence-corrected chi connectivity index (χ2v) is 8.04. The molecule has 1 fully saturated rings.